The van der Waals surface area contributed by atoms with Gasteiger partial charge in [0.15, 0.2) is 10.3 Å². The van der Waals surface area contributed by atoms with E-state index in [0.717, 1.165) is 12.2 Å². The Bertz CT molecular complexity index is 343. The predicted molar refractivity (Wildman–Crippen MR) is 58.1 cm³/mol. The van der Waals surface area contributed by atoms with Crippen LogP contribution in [0.3, 0.4) is 0 Å². The van der Waals surface area contributed by atoms with E-state index in [1.165, 1.54) is 12.8 Å². The van der Waals surface area contributed by atoms with Crippen molar-refractivity contribution in [2.24, 2.45) is 0 Å². The molecule has 0 saturated carbocycles. The summed E-state index contributed by atoms with van der Waals surface area (Å²) in [6.07, 6.45) is 2.38. The Morgan fingerprint density at radius 1 is 1.43 bits per heavy atom. The van der Waals surface area contributed by atoms with Crippen LogP contribution in [-0.4, -0.2) is 22.8 Å². The van der Waals surface area contributed by atoms with Gasteiger partial charge in [0, 0.05) is 18.7 Å². The van der Waals surface area contributed by atoms with Gasteiger partial charge in [-0.25, -0.2) is 0 Å². The average Bonchev–Trinajstić information content (AvgIpc) is 2.56. The van der Waals surface area contributed by atoms with Crippen LogP contribution < -0.4 is 4.90 Å². The molecule has 1 saturated heterocycles. The Kier molecular flexibility index (Phi) is 2.79. The summed E-state index contributed by atoms with van der Waals surface area (Å²) >= 11 is 11.8. The van der Waals surface area contributed by atoms with Crippen molar-refractivity contribution in [3.63, 3.8) is 0 Å². The third kappa shape index (κ3) is 1.79. The Labute approximate surface area is 93.0 Å². The molecule has 0 N–H and O–H groups in total. The number of rotatable bonds is 1. The predicted octanol–water partition coefficient (Wildman–Crippen LogP) is 2.77. The molecule has 0 radical (unpaired) electrons. The Balaban J connectivity index is 2.34. The van der Waals surface area contributed by atoms with Gasteiger partial charge in [-0.05, 0) is 19.8 Å². The first-order chi connectivity index (χ1) is 6.68. The molecule has 0 spiro atoms. The van der Waals surface area contributed by atoms with Crippen LogP contribution in [0.25, 0.3) is 0 Å². The molecular formula is C9H11Cl2N3. The van der Waals surface area contributed by atoms with E-state index < -0.39 is 0 Å². The molecule has 1 aromatic heterocycles. The molecule has 76 valence electrons. The summed E-state index contributed by atoms with van der Waals surface area (Å²) in [6, 6.07) is 2.28. The highest BCUT2D eigenvalue weighted by Gasteiger charge is 2.23. The van der Waals surface area contributed by atoms with E-state index in [4.69, 9.17) is 23.2 Å². The van der Waals surface area contributed by atoms with Crippen LogP contribution in [0.1, 0.15) is 19.8 Å². The minimum absolute atomic E-state index is 0.392. The molecule has 2 heterocycles. The minimum Gasteiger partial charge on any atom is -0.366 e. The van der Waals surface area contributed by atoms with E-state index in [0.29, 0.717) is 16.3 Å². The summed E-state index contributed by atoms with van der Waals surface area (Å²) in [5, 5.41) is 8.32. The molecule has 5 heteroatoms. The molecular weight excluding hydrogens is 221 g/mol. The molecule has 2 rings (SSSR count). The molecule has 1 aliphatic rings. The summed E-state index contributed by atoms with van der Waals surface area (Å²) in [6.45, 7) is 3.20. The summed E-state index contributed by atoms with van der Waals surface area (Å²) in [5.74, 6) is 0. The Morgan fingerprint density at radius 3 is 2.86 bits per heavy atom. The highest BCUT2D eigenvalue weighted by atomic mass is 35.5. The first-order valence-corrected chi connectivity index (χ1v) is 5.39. The molecule has 1 aromatic rings. The van der Waals surface area contributed by atoms with Gasteiger partial charge >= 0.3 is 0 Å². The Hall–Kier alpha value is -0.540. The van der Waals surface area contributed by atoms with E-state index in [9.17, 15) is 0 Å². The molecule has 1 fully saturated rings. The maximum atomic E-state index is 5.97. The van der Waals surface area contributed by atoms with Gasteiger partial charge in [0.25, 0.3) is 0 Å². The lowest BCUT2D eigenvalue weighted by Crippen LogP contribution is -2.26. The molecule has 0 aliphatic carbocycles. The van der Waals surface area contributed by atoms with Crippen molar-refractivity contribution in [1.82, 2.24) is 10.2 Å². The van der Waals surface area contributed by atoms with Crippen molar-refractivity contribution in [3.8, 4) is 0 Å². The SMILES string of the molecule is CC1CCCN1c1cc(Cl)nnc1Cl. The quantitative estimate of drug-likeness (QED) is 0.745. The van der Waals surface area contributed by atoms with Crippen LogP contribution in [-0.2, 0) is 0 Å². The monoisotopic (exact) mass is 231 g/mol. The number of anilines is 1. The number of hydrogen-bond donors (Lipinski definition) is 0. The van der Waals surface area contributed by atoms with E-state index >= 15 is 0 Å². The third-order valence-electron chi connectivity index (χ3n) is 2.56. The Morgan fingerprint density at radius 2 is 2.21 bits per heavy atom. The lowest BCUT2D eigenvalue weighted by atomic mass is 10.2. The van der Waals surface area contributed by atoms with Gasteiger partial charge in [0.05, 0.1) is 5.69 Å². The molecule has 0 amide bonds. The minimum atomic E-state index is 0.392. The smallest absolute Gasteiger partial charge is 0.175 e. The molecule has 1 unspecified atom stereocenters. The topological polar surface area (TPSA) is 29.0 Å². The van der Waals surface area contributed by atoms with Gasteiger partial charge in [0.2, 0.25) is 0 Å². The second-order valence-corrected chi connectivity index (χ2v) is 4.27. The van der Waals surface area contributed by atoms with Crippen molar-refractivity contribution in [1.29, 1.82) is 0 Å². The number of hydrogen-bond acceptors (Lipinski definition) is 3. The number of nitrogens with zero attached hydrogens (tertiary/aromatic N) is 3. The highest BCUT2D eigenvalue weighted by Crippen LogP contribution is 2.31. The van der Waals surface area contributed by atoms with Crippen molar-refractivity contribution < 1.29 is 0 Å². The first kappa shape index (κ1) is 9.99. The largest absolute Gasteiger partial charge is 0.366 e. The zero-order valence-electron chi connectivity index (χ0n) is 7.87. The maximum Gasteiger partial charge on any atom is 0.175 e. The van der Waals surface area contributed by atoms with Crippen LogP contribution in [0.2, 0.25) is 10.3 Å². The lowest BCUT2D eigenvalue weighted by molar-refractivity contribution is 0.732. The fraction of sp³-hybridized carbons (Fsp3) is 0.556. The van der Waals surface area contributed by atoms with Gasteiger partial charge in [0.1, 0.15) is 0 Å². The molecule has 1 aliphatic heterocycles. The molecule has 3 nitrogen and oxygen atoms in total. The van der Waals surface area contributed by atoms with Crippen molar-refractivity contribution in [2.45, 2.75) is 25.8 Å². The lowest BCUT2D eigenvalue weighted by Gasteiger charge is -2.23. The van der Waals surface area contributed by atoms with Crippen LogP contribution >= 0.6 is 23.2 Å². The van der Waals surface area contributed by atoms with Gasteiger partial charge in [-0.2, -0.15) is 0 Å². The highest BCUT2D eigenvalue weighted by molar-refractivity contribution is 6.33. The third-order valence-corrected chi connectivity index (χ3v) is 3.02. The van der Waals surface area contributed by atoms with E-state index in [-0.39, 0.29) is 0 Å². The van der Waals surface area contributed by atoms with Crippen LogP contribution in [0.5, 0.6) is 0 Å². The standard InChI is InChI=1S/C9H11Cl2N3/c1-6-3-2-4-14(6)7-5-8(10)12-13-9(7)11/h5-6H,2-4H2,1H3. The van der Waals surface area contributed by atoms with E-state index in [2.05, 4.69) is 22.0 Å². The molecule has 14 heavy (non-hydrogen) atoms. The maximum absolute atomic E-state index is 5.97. The molecule has 0 aromatic carbocycles. The number of halogens is 2. The van der Waals surface area contributed by atoms with E-state index in [1.807, 2.05) is 0 Å². The summed E-state index contributed by atoms with van der Waals surface area (Å²) in [5.41, 5.74) is 0.900. The zero-order chi connectivity index (χ0) is 10.1. The fourth-order valence-corrected chi connectivity index (χ4v) is 2.18. The van der Waals surface area contributed by atoms with Gasteiger partial charge in [-0.3, -0.25) is 0 Å². The summed E-state index contributed by atoms with van der Waals surface area (Å²) in [7, 11) is 0. The summed E-state index contributed by atoms with van der Waals surface area (Å²) in [4.78, 5) is 2.23. The van der Waals surface area contributed by atoms with Gasteiger partial charge in [-0.15, -0.1) is 10.2 Å². The summed E-state index contributed by atoms with van der Waals surface area (Å²) < 4.78 is 0. The van der Waals surface area contributed by atoms with Crippen LogP contribution in [0, 0.1) is 0 Å². The normalized spacial score (nSPS) is 21.6. The van der Waals surface area contributed by atoms with E-state index in [1.54, 1.807) is 6.07 Å². The number of aromatic nitrogens is 2. The zero-order valence-corrected chi connectivity index (χ0v) is 9.39. The van der Waals surface area contributed by atoms with Crippen molar-refractivity contribution >= 4 is 28.9 Å². The fourth-order valence-electron chi connectivity index (χ4n) is 1.84. The molecule has 1 atom stereocenters. The van der Waals surface area contributed by atoms with Crippen molar-refractivity contribution in [2.75, 3.05) is 11.4 Å². The molecule has 0 bridgehead atoms. The van der Waals surface area contributed by atoms with Crippen molar-refractivity contribution in [3.05, 3.63) is 16.4 Å². The average molecular weight is 232 g/mol. The first-order valence-electron chi connectivity index (χ1n) is 4.64. The second-order valence-electron chi connectivity index (χ2n) is 3.53. The van der Waals surface area contributed by atoms with Crippen LogP contribution in [0.15, 0.2) is 6.07 Å². The van der Waals surface area contributed by atoms with Gasteiger partial charge in [-0.1, -0.05) is 23.2 Å². The van der Waals surface area contributed by atoms with Crippen LogP contribution in [0.4, 0.5) is 5.69 Å². The van der Waals surface area contributed by atoms with Gasteiger partial charge < -0.3 is 4.90 Å². The second kappa shape index (κ2) is 3.91.